The Bertz CT molecular complexity index is 681. The summed E-state index contributed by atoms with van der Waals surface area (Å²) >= 11 is 6.61. The Hall–Kier alpha value is -0.990. The van der Waals surface area contributed by atoms with E-state index in [4.69, 9.17) is 11.6 Å². The molecule has 4 heteroatoms. The molecule has 0 aliphatic heterocycles. The summed E-state index contributed by atoms with van der Waals surface area (Å²) in [5, 5.41) is 0.980. The lowest BCUT2D eigenvalue weighted by Gasteiger charge is -2.46. The number of imidazole rings is 1. The molecule has 1 heterocycles. The van der Waals surface area contributed by atoms with Gasteiger partial charge in [-0.2, -0.15) is 0 Å². The van der Waals surface area contributed by atoms with Crippen LogP contribution in [-0.2, 0) is 24.8 Å². The van der Waals surface area contributed by atoms with Gasteiger partial charge in [0, 0.05) is 24.0 Å². The van der Waals surface area contributed by atoms with Crippen molar-refractivity contribution in [2.24, 2.45) is 5.92 Å². The lowest BCUT2D eigenvalue weighted by atomic mass is 9.59. The van der Waals surface area contributed by atoms with E-state index < -0.39 is 0 Å². The van der Waals surface area contributed by atoms with E-state index in [1.54, 1.807) is 11.1 Å². The summed E-state index contributed by atoms with van der Waals surface area (Å²) in [5.41, 5.74) is 4.98. The molecule has 23 heavy (non-hydrogen) atoms. The van der Waals surface area contributed by atoms with Crippen LogP contribution in [0, 0.1) is 5.92 Å². The highest BCUT2D eigenvalue weighted by atomic mass is 35.5. The van der Waals surface area contributed by atoms with Crippen molar-refractivity contribution in [2.75, 3.05) is 0 Å². The highest BCUT2D eigenvalue weighted by Crippen LogP contribution is 2.51. The predicted octanol–water partition coefficient (Wildman–Crippen LogP) is 5.21. The highest BCUT2D eigenvalue weighted by Gasteiger charge is 2.42. The van der Waals surface area contributed by atoms with Crippen molar-refractivity contribution in [3.05, 3.63) is 52.6 Å². The molecule has 0 unspecified atom stereocenters. The molecule has 0 radical (unpaired) electrons. The average molecular weight is 351 g/mol. The Labute approximate surface area is 149 Å². The second-order valence-corrected chi connectivity index (χ2v) is 7.49. The van der Waals surface area contributed by atoms with Crippen molar-refractivity contribution in [2.45, 2.75) is 57.4 Å². The molecule has 0 fully saturated rings. The van der Waals surface area contributed by atoms with Gasteiger partial charge in [-0.3, -0.25) is 0 Å². The van der Waals surface area contributed by atoms with Gasteiger partial charge in [-0.05, 0) is 72.6 Å². The lowest BCUT2D eigenvalue weighted by molar-refractivity contribution is 0.226. The summed E-state index contributed by atoms with van der Waals surface area (Å²) in [6.07, 6.45) is 13.4. The van der Waals surface area contributed by atoms with Gasteiger partial charge in [0.25, 0.3) is 0 Å². The van der Waals surface area contributed by atoms with Gasteiger partial charge in [-0.15, -0.1) is 12.4 Å². The third-order valence-electron chi connectivity index (χ3n) is 5.85. The number of benzene rings is 1. The fourth-order valence-corrected chi connectivity index (χ4v) is 5.15. The number of aryl methyl sites for hydroxylation is 1. The monoisotopic (exact) mass is 350 g/mol. The van der Waals surface area contributed by atoms with Crippen LogP contribution in [0.25, 0.3) is 0 Å². The Morgan fingerprint density at radius 1 is 1.39 bits per heavy atom. The van der Waals surface area contributed by atoms with Crippen LogP contribution in [0.3, 0.4) is 0 Å². The molecule has 0 bridgehead atoms. The van der Waals surface area contributed by atoms with Crippen molar-refractivity contribution < 1.29 is 0 Å². The molecular weight excluding hydrogens is 327 g/mol. The van der Waals surface area contributed by atoms with Crippen LogP contribution in [0.15, 0.2) is 30.9 Å². The zero-order valence-electron chi connectivity index (χ0n) is 13.6. The number of hydrogen-bond donors (Lipinski definition) is 0. The second kappa shape index (κ2) is 6.49. The van der Waals surface area contributed by atoms with Gasteiger partial charge in [-0.1, -0.05) is 24.6 Å². The number of hydrogen-bond acceptors (Lipinski definition) is 1. The molecule has 4 rings (SSSR count). The van der Waals surface area contributed by atoms with Crippen molar-refractivity contribution >= 4 is 24.0 Å². The maximum absolute atomic E-state index is 6.61. The molecule has 0 saturated heterocycles. The summed E-state index contributed by atoms with van der Waals surface area (Å²) in [6, 6.07) is 4.40. The van der Waals surface area contributed by atoms with Crippen LogP contribution < -0.4 is 0 Å². The molecular formula is C19H24Cl2N2. The topological polar surface area (TPSA) is 17.8 Å². The minimum absolute atomic E-state index is 0. The number of halogens is 2. The molecule has 2 aliphatic rings. The van der Waals surface area contributed by atoms with Crippen molar-refractivity contribution in [3.63, 3.8) is 0 Å². The van der Waals surface area contributed by atoms with E-state index in [0.29, 0.717) is 11.3 Å². The fraction of sp³-hybridized carbons (Fsp3) is 0.526. The number of nitrogens with zero attached hydrogens (tertiary/aromatic N) is 2. The minimum atomic E-state index is 0. The van der Waals surface area contributed by atoms with Gasteiger partial charge in [0.15, 0.2) is 0 Å². The van der Waals surface area contributed by atoms with Crippen LogP contribution in [0.2, 0.25) is 5.02 Å². The summed E-state index contributed by atoms with van der Waals surface area (Å²) in [4.78, 5) is 4.19. The molecule has 0 amide bonds. The number of aromatic nitrogens is 2. The molecule has 0 N–H and O–H groups in total. The molecule has 2 nitrogen and oxygen atoms in total. The Balaban J connectivity index is 0.00000156. The minimum Gasteiger partial charge on any atom is -0.337 e. The van der Waals surface area contributed by atoms with Gasteiger partial charge in [0.2, 0.25) is 0 Å². The maximum Gasteiger partial charge on any atom is 0.0945 e. The molecule has 1 aromatic heterocycles. The van der Waals surface area contributed by atoms with E-state index in [1.165, 1.54) is 37.7 Å². The summed E-state index contributed by atoms with van der Waals surface area (Å²) in [7, 11) is 0. The third kappa shape index (κ3) is 2.81. The lowest BCUT2D eigenvalue weighted by Crippen LogP contribution is -2.39. The van der Waals surface area contributed by atoms with E-state index >= 15 is 0 Å². The molecule has 124 valence electrons. The number of rotatable bonds is 3. The van der Waals surface area contributed by atoms with Gasteiger partial charge in [-0.25, -0.2) is 4.98 Å². The van der Waals surface area contributed by atoms with Crippen LogP contribution in [0.1, 0.15) is 49.3 Å². The molecule has 2 aliphatic carbocycles. The smallest absolute Gasteiger partial charge is 0.0945 e. The first-order chi connectivity index (χ1) is 10.7. The molecule has 0 spiro atoms. The zero-order chi connectivity index (χ0) is 15.2. The van der Waals surface area contributed by atoms with Gasteiger partial charge < -0.3 is 4.57 Å². The summed E-state index contributed by atoms with van der Waals surface area (Å²) in [6.45, 7) is 3.42. The van der Waals surface area contributed by atoms with E-state index in [-0.39, 0.29) is 12.4 Å². The Kier molecular flexibility index (Phi) is 4.75. The quantitative estimate of drug-likeness (QED) is 0.743. The van der Waals surface area contributed by atoms with Crippen LogP contribution in [-0.4, -0.2) is 9.55 Å². The Morgan fingerprint density at radius 3 is 3.00 bits per heavy atom. The standard InChI is InChI=1S/C19H23ClN2.ClH/c1-2-19-7-3-4-15-5-6-17(20)16(18(15)19)10-14(11-19)12-22-9-8-21-13-22;/h5-6,8-9,13-14H,2-4,7,10-12H2,1H3;1H/t14-,19-;/m1./s1. The summed E-state index contributed by atoms with van der Waals surface area (Å²) < 4.78 is 2.22. The van der Waals surface area contributed by atoms with Crippen molar-refractivity contribution in [1.82, 2.24) is 9.55 Å². The van der Waals surface area contributed by atoms with Gasteiger partial charge in [0.1, 0.15) is 0 Å². The first kappa shape index (κ1) is 16.9. The van der Waals surface area contributed by atoms with Gasteiger partial charge in [0.05, 0.1) is 6.33 Å². The first-order valence-corrected chi connectivity index (χ1v) is 8.86. The third-order valence-corrected chi connectivity index (χ3v) is 6.21. The van der Waals surface area contributed by atoms with E-state index in [2.05, 4.69) is 34.8 Å². The highest BCUT2D eigenvalue weighted by molar-refractivity contribution is 6.31. The molecule has 1 aromatic carbocycles. The Morgan fingerprint density at radius 2 is 2.26 bits per heavy atom. The van der Waals surface area contributed by atoms with Crippen LogP contribution >= 0.6 is 24.0 Å². The fourth-order valence-electron chi connectivity index (χ4n) is 4.92. The van der Waals surface area contributed by atoms with Gasteiger partial charge >= 0.3 is 0 Å². The van der Waals surface area contributed by atoms with Crippen LogP contribution in [0.4, 0.5) is 0 Å². The molecule has 2 aromatic rings. The summed E-state index contributed by atoms with van der Waals surface area (Å²) in [5.74, 6) is 0.660. The zero-order valence-corrected chi connectivity index (χ0v) is 15.2. The van der Waals surface area contributed by atoms with E-state index in [9.17, 15) is 0 Å². The SMILES string of the molecule is CC[C@]12CCCc3ccc(Cl)c(c31)C[C@@H](Cn1ccnc1)C2.Cl. The van der Waals surface area contributed by atoms with Crippen molar-refractivity contribution in [3.8, 4) is 0 Å². The van der Waals surface area contributed by atoms with E-state index in [1.807, 2.05) is 12.5 Å². The molecule has 2 atom stereocenters. The first-order valence-electron chi connectivity index (χ1n) is 8.48. The maximum atomic E-state index is 6.61. The normalized spacial score (nSPS) is 25.6. The van der Waals surface area contributed by atoms with E-state index in [0.717, 1.165) is 18.0 Å². The largest absolute Gasteiger partial charge is 0.337 e. The second-order valence-electron chi connectivity index (χ2n) is 7.08. The van der Waals surface area contributed by atoms with Crippen molar-refractivity contribution in [1.29, 1.82) is 0 Å². The molecule has 0 saturated carbocycles. The average Bonchev–Trinajstić information content (AvgIpc) is 3.03. The predicted molar refractivity (Wildman–Crippen MR) is 97.6 cm³/mol. The van der Waals surface area contributed by atoms with Crippen LogP contribution in [0.5, 0.6) is 0 Å².